The Morgan fingerprint density at radius 3 is 2.47 bits per heavy atom. The van der Waals surface area contributed by atoms with Gasteiger partial charge >= 0.3 is 0 Å². The zero-order valence-corrected chi connectivity index (χ0v) is 11.7. The van der Waals surface area contributed by atoms with Crippen LogP contribution in [-0.4, -0.2) is 41.3 Å². The van der Waals surface area contributed by atoms with Crippen LogP contribution in [0.3, 0.4) is 0 Å². The van der Waals surface area contributed by atoms with Crippen LogP contribution >= 0.6 is 0 Å². The van der Waals surface area contributed by atoms with Crippen molar-refractivity contribution in [1.29, 1.82) is 0 Å². The van der Waals surface area contributed by atoms with E-state index in [1.807, 2.05) is 5.01 Å². The van der Waals surface area contributed by atoms with E-state index in [0.717, 1.165) is 32.4 Å². The lowest BCUT2D eigenvalue weighted by Gasteiger charge is -2.27. The third-order valence-electron chi connectivity index (χ3n) is 4.38. The molecule has 2 fully saturated rings. The summed E-state index contributed by atoms with van der Waals surface area (Å²) in [6, 6.07) is -0.439. The monoisotopic (exact) mass is 269 g/mol. The Morgan fingerprint density at radius 2 is 1.84 bits per heavy atom. The van der Waals surface area contributed by atoms with Gasteiger partial charge in [0.25, 0.3) is 5.91 Å². The van der Waals surface area contributed by atoms with Crippen molar-refractivity contribution in [1.82, 2.24) is 10.4 Å². The summed E-state index contributed by atoms with van der Waals surface area (Å²) in [6.07, 6.45) is 8.08. The van der Waals surface area contributed by atoms with E-state index in [4.69, 9.17) is 5.73 Å². The number of aliphatic hydroxyl groups excluding tert-OH is 1. The minimum Gasteiger partial charge on any atom is -0.382 e. The highest BCUT2D eigenvalue weighted by Gasteiger charge is 2.28. The molecule has 2 atom stereocenters. The normalized spacial score (nSPS) is 25.2. The Kier molecular flexibility index (Phi) is 5.60. The van der Waals surface area contributed by atoms with Crippen LogP contribution in [0.4, 0.5) is 0 Å². The van der Waals surface area contributed by atoms with Gasteiger partial charge in [-0.25, -0.2) is 5.01 Å². The molecule has 1 saturated heterocycles. The van der Waals surface area contributed by atoms with E-state index in [-0.39, 0.29) is 5.91 Å². The fourth-order valence-corrected chi connectivity index (χ4v) is 3.18. The van der Waals surface area contributed by atoms with Gasteiger partial charge in [0.2, 0.25) is 0 Å². The number of hydrogen-bond donors (Lipinski definition) is 3. The van der Waals surface area contributed by atoms with Crippen molar-refractivity contribution < 1.29 is 9.90 Å². The van der Waals surface area contributed by atoms with Gasteiger partial charge in [0.15, 0.2) is 0 Å². The predicted octanol–water partition coefficient (Wildman–Crippen LogP) is 0.772. The second-order valence-corrected chi connectivity index (χ2v) is 6.02. The van der Waals surface area contributed by atoms with E-state index >= 15 is 0 Å². The number of aliphatic hydroxyl groups is 1. The molecule has 5 heteroatoms. The average molecular weight is 269 g/mol. The van der Waals surface area contributed by atoms with Gasteiger partial charge in [-0.05, 0) is 25.2 Å². The van der Waals surface area contributed by atoms with Gasteiger partial charge in [-0.2, -0.15) is 0 Å². The highest BCUT2D eigenvalue weighted by molar-refractivity contribution is 5.80. The van der Waals surface area contributed by atoms with Gasteiger partial charge in [0, 0.05) is 19.1 Å². The lowest BCUT2D eigenvalue weighted by atomic mass is 9.84. The number of carbonyl (C=O) groups excluding carboxylic acids is 1. The fraction of sp³-hybridized carbons (Fsp3) is 0.929. The van der Waals surface area contributed by atoms with Crippen molar-refractivity contribution in [2.75, 3.05) is 13.1 Å². The van der Waals surface area contributed by atoms with Crippen molar-refractivity contribution in [3.05, 3.63) is 0 Å². The van der Waals surface area contributed by atoms with E-state index in [1.54, 1.807) is 0 Å². The van der Waals surface area contributed by atoms with Crippen molar-refractivity contribution in [3.63, 3.8) is 0 Å². The molecule has 19 heavy (non-hydrogen) atoms. The summed E-state index contributed by atoms with van der Waals surface area (Å²) >= 11 is 0. The summed E-state index contributed by atoms with van der Waals surface area (Å²) in [7, 11) is 0. The molecule has 4 N–H and O–H groups in total. The Morgan fingerprint density at radius 1 is 1.21 bits per heavy atom. The molecule has 1 unspecified atom stereocenters. The van der Waals surface area contributed by atoms with E-state index in [2.05, 4.69) is 5.43 Å². The molecule has 1 saturated carbocycles. The Labute approximate surface area is 115 Å². The van der Waals surface area contributed by atoms with Crippen LogP contribution in [0.5, 0.6) is 0 Å². The molecule has 1 amide bonds. The first kappa shape index (κ1) is 14.8. The third-order valence-corrected chi connectivity index (χ3v) is 4.38. The third kappa shape index (κ3) is 4.44. The molecule has 1 aliphatic carbocycles. The van der Waals surface area contributed by atoms with E-state index in [1.165, 1.54) is 32.1 Å². The van der Waals surface area contributed by atoms with Crippen molar-refractivity contribution >= 4 is 5.91 Å². The predicted molar refractivity (Wildman–Crippen MR) is 74.1 cm³/mol. The molecule has 0 radical (unpaired) electrons. The number of rotatable bonds is 5. The van der Waals surface area contributed by atoms with Crippen LogP contribution in [0.1, 0.15) is 51.4 Å². The van der Waals surface area contributed by atoms with Gasteiger partial charge in [0.05, 0.1) is 0 Å². The number of hydrazine groups is 1. The first-order chi connectivity index (χ1) is 9.16. The van der Waals surface area contributed by atoms with Gasteiger partial charge in [-0.3, -0.25) is 10.2 Å². The SMILES string of the molecule is N[C@H](CC1CCCCC1)C(O)C(=O)NN1CCCC1. The summed E-state index contributed by atoms with van der Waals surface area (Å²) in [5, 5.41) is 11.9. The topological polar surface area (TPSA) is 78.6 Å². The highest BCUT2D eigenvalue weighted by Crippen LogP contribution is 2.27. The molecular weight excluding hydrogens is 242 g/mol. The summed E-state index contributed by atoms with van der Waals surface area (Å²) in [4.78, 5) is 11.9. The van der Waals surface area contributed by atoms with Gasteiger partial charge in [-0.15, -0.1) is 0 Å². The number of nitrogens with one attached hydrogen (secondary N) is 1. The Bertz CT molecular complexity index is 286. The first-order valence-corrected chi connectivity index (χ1v) is 7.66. The molecule has 0 bridgehead atoms. The molecule has 1 aliphatic heterocycles. The maximum Gasteiger partial charge on any atom is 0.264 e. The average Bonchev–Trinajstić information content (AvgIpc) is 2.91. The second kappa shape index (κ2) is 7.22. The van der Waals surface area contributed by atoms with E-state index < -0.39 is 12.1 Å². The Hall–Kier alpha value is -0.650. The number of carbonyl (C=O) groups is 1. The van der Waals surface area contributed by atoms with Gasteiger partial charge < -0.3 is 10.8 Å². The summed E-state index contributed by atoms with van der Waals surface area (Å²) in [6.45, 7) is 1.74. The maximum atomic E-state index is 11.9. The number of nitrogens with zero attached hydrogens (tertiary/aromatic N) is 1. The molecule has 1 heterocycles. The quantitative estimate of drug-likeness (QED) is 0.689. The van der Waals surface area contributed by atoms with Crippen molar-refractivity contribution in [2.45, 2.75) is 63.5 Å². The van der Waals surface area contributed by atoms with Crippen LogP contribution in [-0.2, 0) is 4.79 Å². The molecular formula is C14H27N3O2. The van der Waals surface area contributed by atoms with Gasteiger partial charge in [-0.1, -0.05) is 32.1 Å². The molecule has 0 aromatic rings. The van der Waals surface area contributed by atoms with Crippen LogP contribution in [0, 0.1) is 5.92 Å². The number of nitrogens with two attached hydrogens (primary N) is 1. The molecule has 0 aromatic heterocycles. The van der Waals surface area contributed by atoms with E-state index in [9.17, 15) is 9.90 Å². The summed E-state index contributed by atoms with van der Waals surface area (Å²) < 4.78 is 0. The van der Waals surface area contributed by atoms with E-state index in [0.29, 0.717) is 5.92 Å². The molecule has 110 valence electrons. The van der Waals surface area contributed by atoms with Crippen LogP contribution in [0.15, 0.2) is 0 Å². The van der Waals surface area contributed by atoms with Gasteiger partial charge in [0.1, 0.15) is 6.10 Å². The maximum absolute atomic E-state index is 11.9. The molecule has 0 aromatic carbocycles. The summed E-state index contributed by atoms with van der Waals surface area (Å²) in [5.41, 5.74) is 8.76. The zero-order chi connectivity index (χ0) is 13.7. The Balaban J connectivity index is 1.73. The summed E-state index contributed by atoms with van der Waals surface area (Å²) in [5.74, 6) is 0.239. The van der Waals surface area contributed by atoms with Crippen LogP contribution < -0.4 is 11.2 Å². The lowest BCUT2D eigenvalue weighted by Crippen LogP contribution is -2.51. The molecule has 5 nitrogen and oxygen atoms in total. The highest BCUT2D eigenvalue weighted by atomic mass is 16.3. The van der Waals surface area contributed by atoms with Crippen molar-refractivity contribution in [3.8, 4) is 0 Å². The van der Waals surface area contributed by atoms with Crippen LogP contribution in [0.2, 0.25) is 0 Å². The minimum atomic E-state index is -1.08. The smallest absolute Gasteiger partial charge is 0.264 e. The lowest BCUT2D eigenvalue weighted by molar-refractivity contribution is -0.135. The second-order valence-electron chi connectivity index (χ2n) is 6.02. The molecule has 2 rings (SSSR count). The zero-order valence-electron chi connectivity index (χ0n) is 11.7. The van der Waals surface area contributed by atoms with Crippen molar-refractivity contribution in [2.24, 2.45) is 11.7 Å². The minimum absolute atomic E-state index is 0.342. The van der Waals surface area contributed by atoms with Crippen LogP contribution in [0.25, 0.3) is 0 Å². The number of hydrogen-bond acceptors (Lipinski definition) is 4. The molecule has 2 aliphatic rings. The standard InChI is InChI=1S/C14H27N3O2/c15-12(10-11-6-2-1-3-7-11)13(18)14(19)16-17-8-4-5-9-17/h11-13,18H,1-10,15H2,(H,16,19)/t12-,13?/m1/s1. The fourth-order valence-electron chi connectivity index (χ4n) is 3.18. The first-order valence-electron chi connectivity index (χ1n) is 7.66. The largest absolute Gasteiger partial charge is 0.382 e. The molecule has 0 spiro atoms. The number of amides is 1.